The van der Waals surface area contributed by atoms with Crippen LogP contribution in [0.2, 0.25) is 0 Å². The molecular weight excluding hydrogens is 440 g/mol. The fourth-order valence-corrected chi connectivity index (χ4v) is 4.70. The summed E-state index contributed by atoms with van der Waals surface area (Å²) in [5, 5.41) is 13.2. The molecule has 0 aliphatic rings. The molecule has 0 aliphatic heterocycles. The number of thiazole rings is 1. The maximum absolute atomic E-state index is 12.3. The summed E-state index contributed by atoms with van der Waals surface area (Å²) in [4.78, 5) is 17.9. The molecule has 0 fully saturated rings. The lowest BCUT2D eigenvalue weighted by Gasteiger charge is -2.07. The molecule has 2 heterocycles. The minimum Gasteiger partial charge on any atom is -0.497 e. The fourth-order valence-electron chi connectivity index (χ4n) is 3.05. The van der Waals surface area contributed by atoms with Gasteiger partial charge >= 0.3 is 0 Å². The molecule has 2 aromatic carbocycles. The number of rotatable bonds is 7. The Morgan fingerprint density at radius 3 is 2.50 bits per heavy atom. The van der Waals surface area contributed by atoms with E-state index in [0.29, 0.717) is 5.03 Å². The van der Waals surface area contributed by atoms with Crippen LogP contribution in [0.4, 0.5) is 5.69 Å². The number of ether oxygens (including phenoxy) is 1. The number of amides is 1. The summed E-state index contributed by atoms with van der Waals surface area (Å²) in [6.45, 7) is 3.94. The zero-order valence-electron chi connectivity index (χ0n) is 18.0. The van der Waals surface area contributed by atoms with Crippen molar-refractivity contribution in [2.75, 3.05) is 18.2 Å². The van der Waals surface area contributed by atoms with Crippen LogP contribution in [0.25, 0.3) is 21.1 Å². The van der Waals surface area contributed by atoms with Gasteiger partial charge in [-0.05, 0) is 61.9 Å². The maximum atomic E-state index is 12.3. The molecule has 0 aliphatic carbocycles. The normalized spacial score (nSPS) is 10.7. The largest absolute Gasteiger partial charge is 0.497 e. The lowest BCUT2D eigenvalue weighted by atomic mass is 10.2. The van der Waals surface area contributed by atoms with Gasteiger partial charge in [0, 0.05) is 11.3 Å². The number of benzene rings is 2. The van der Waals surface area contributed by atoms with E-state index in [2.05, 4.69) is 15.5 Å². The molecule has 0 atom stereocenters. The van der Waals surface area contributed by atoms with Gasteiger partial charge in [0.25, 0.3) is 0 Å². The van der Waals surface area contributed by atoms with Gasteiger partial charge in [-0.3, -0.25) is 4.79 Å². The number of para-hydroxylation sites is 1. The Morgan fingerprint density at radius 1 is 1.03 bits per heavy atom. The molecule has 0 bridgehead atoms. The number of aromatic nitrogens is 3. The van der Waals surface area contributed by atoms with E-state index < -0.39 is 0 Å². The summed E-state index contributed by atoms with van der Waals surface area (Å²) in [6, 6.07) is 19.4. The van der Waals surface area contributed by atoms with Crippen molar-refractivity contribution < 1.29 is 9.53 Å². The van der Waals surface area contributed by atoms with Gasteiger partial charge in [-0.25, -0.2) is 4.98 Å². The predicted octanol–water partition coefficient (Wildman–Crippen LogP) is 5.62. The number of hydrogen-bond donors (Lipinski definition) is 1. The van der Waals surface area contributed by atoms with Gasteiger partial charge in [-0.15, -0.1) is 21.5 Å². The lowest BCUT2D eigenvalue weighted by molar-refractivity contribution is -0.113. The van der Waals surface area contributed by atoms with E-state index in [1.165, 1.54) is 11.8 Å². The second-order valence-electron chi connectivity index (χ2n) is 7.07. The van der Waals surface area contributed by atoms with Gasteiger partial charge in [-0.1, -0.05) is 30.0 Å². The zero-order chi connectivity index (χ0) is 22.5. The van der Waals surface area contributed by atoms with Crippen LogP contribution in [0.3, 0.4) is 0 Å². The van der Waals surface area contributed by atoms with Crippen LogP contribution in [-0.4, -0.2) is 34.0 Å². The zero-order valence-corrected chi connectivity index (χ0v) is 19.6. The third-order valence-corrected chi connectivity index (χ3v) is 6.93. The summed E-state index contributed by atoms with van der Waals surface area (Å²) in [7, 11) is 1.65. The highest BCUT2D eigenvalue weighted by atomic mass is 32.2. The van der Waals surface area contributed by atoms with Crippen molar-refractivity contribution in [2.24, 2.45) is 0 Å². The lowest BCUT2D eigenvalue weighted by Crippen LogP contribution is -2.14. The first-order valence-electron chi connectivity index (χ1n) is 9.97. The minimum absolute atomic E-state index is 0.0717. The van der Waals surface area contributed by atoms with E-state index in [1.54, 1.807) is 18.4 Å². The molecule has 4 rings (SSSR count). The van der Waals surface area contributed by atoms with Gasteiger partial charge in [0.05, 0.1) is 23.4 Å². The van der Waals surface area contributed by atoms with Crippen LogP contribution in [0, 0.1) is 13.8 Å². The number of anilines is 1. The van der Waals surface area contributed by atoms with Gasteiger partial charge in [0.1, 0.15) is 21.5 Å². The molecule has 0 saturated heterocycles. The number of methoxy groups -OCH3 is 1. The molecule has 1 amide bonds. The molecule has 8 heteroatoms. The van der Waals surface area contributed by atoms with Gasteiger partial charge in [-0.2, -0.15) is 0 Å². The molecule has 6 nitrogen and oxygen atoms in total. The highest BCUT2D eigenvalue weighted by Gasteiger charge is 2.14. The molecule has 0 saturated carbocycles. The van der Waals surface area contributed by atoms with Crippen molar-refractivity contribution in [3.8, 4) is 26.9 Å². The number of nitrogens with zero attached hydrogens (tertiary/aromatic N) is 3. The van der Waals surface area contributed by atoms with E-state index in [-0.39, 0.29) is 11.7 Å². The molecular formula is C24H22N4O2S2. The number of hydrogen-bond acceptors (Lipinski definition) is 7. The van der Waals surface area contributed by atoms with Crippen molar-refractivity contribution in [2.45, 2.75) is 18.9 Å². The first-order valence-corrected chi connectivity index (χ1v) is 11.8. The quantitative estimate of drug-likeness (QED) is 0.359. The summed E-state index contributed by atoms with van der Waals surface area (Å²) in [5.41, 5.74) is 4.57. The second-order valence-corrected chi connectivity index (χ2v) is 9.07. The smallest absolute Gasteiger partial charge is 0.234 e. The Kier molecular flexibility index (Phi) is 6.82. The van der Waals surface area contributed by atoms with E-state index in [0.717, 1.165) is 43.8 Å². The van der Waals surface area contributed by atoms with Crippen molar-refractivity contribution in [3.05, 3.63) is 71.9 Å². The molecule has 0 unspecified atom stereocenters. The van der Waals surface area contributed by atoms with Crippen LogP contribution in [-0.2, 0) is 4.79 Å². The SMILES string of the molecule is COc1ccc(-c2nc(C)c(-c3ccc(SCC(=O)Nc4ccccc4C)nn3)s2)cc1. The Morgan fingerprint density at radius 2 is 1.81 bits per heavy atom. The van der Waals surface area contributed by atoms with Crippen LogP contribution >= 0.6 is 23.1 Å². The van der Waals surface area contributed by atoms with Crippen molar-refractivity contribution >= 4 is 34.7 Å². The number of thioether (sulfide) groups is 1. The molecule has 1 N–H and O–H groups in total. The topological polar surface area (TPSA) is 77.0 Å². The fraction of sp³-hybridized carbons (Fsp3) is 0.167. The highest BCUT2D eigenvalue weighted by molar-refractivity contribution is 7.99. The number of aryl methyl sites for hydroxylation is 2. The monoisotopic (exact) mass is 462 g/mol. The third-order valence-electron chi connectivity index (χ3n) is 4.78. The maximum Gasteiger partial charge on any atom is 0.234 e. The Labute approximate surface area is 195 Å². The predicted molar refractivity (Wildman–Crippen MR) is 130 cm³/mol. The van der Waals surface area contributed by atoms with Gasteiger partial charge in [0.15, 0.2) is 0 Å². The Bertz CT molecular complexity index is 1220. The molecule has 0 spiro atoms. The average molecular weight is 463 g/mol. The van der Waals surface area contributed by atoms with E-state index in [4.69, 9.17) is 9.72 Å². The van der Waals surface area contributed by atoms with Crippen molar-refractivity contribution in [1.82, 2.24) is 15.2 Å². The Hall–Kier alpha value is -3.23. The first-order chi connectivity index (χ1) is 15.5. The molecule has 2 aromatic heterocycles. The molecule has 162 valence electrons. The molecule has 0 radical (unpaired) electrons. The summed E-state index contributed by atoms with van der Waals surface area (Å²) < 4.78 is 5.22. The van der Waals surface area contributed by atoms with Gasteiger partial charge in [0.2, 0.25) is 5.91 Å². The highest BCUT2D eigenvalue weighted by Crippen LogP contribution is 2.35. The second kappa shape index (κ2) is 9.93. The van der Waals surface area contributed by atoms with Crippen LogP contribution in [0.1, 0.15) is 11.3 Å². The molecule has 4 aromatic rings. The minimum atomic E-state index is -0.0717. The summed E-state index contributed by atoms with van der Waals surface area (Å²) in [5.74, 6) is 1.01. The van der Waals surface area contributed by atoms with Gasteiger partial charge < -0.3 is 10.1 Å². The Balaban J connectivity index is 1.40. The standard InChI is InChI=1S/C24H22N4O2S2/c1-15-6-4-5-7-19(15)26-21(29)14-31-22-13-12-20(27-28-22)23-16(2)25-24(32-23)17-8-10-18(30-3)11-9-17/h4-13H,14H2,1-3H3,(H,26,29). The van der Waals surface area contributed by atoms with E-state index >= 15 is 0 Å². The average Bonchev–Trinajstić information content (AvgIpc) is 3.21. The molecule has 32 heavy (non-hydrogen) atoms. The number of carbonyl (C=O) groups is 1. The van der Waals surface area contributed by atoms with Crippen molar-refractivity contribution in [1.29, 1.82) is 0 Å². The van der Waals surface area contributed by atoms with Crippen molar-refractivity contribution in [3.63, 3.8) is 0 Å². The summed E-state index contributed by atoms with van der Waals surface area (Å²) in [6.07, 6.45) is 0. The first kappa shape index (κ1) is 22.0. The number of carbonyl (C=O) groups excluding carboxylic acids is 1. The van der Waals surface area contributed by atoms with Crippen LogP contribution in [0.5, 0.6) is 5.75 Å². The van der Waals surface area contributed by atoms with Crippen LogP contribution < -0.4 is 10.1 Å². The van der Waals surface area contributed by atoms with Crippen LogP contribution in [0.15, 0.2) is 65.7 Å². The van der Waals surface area contributed by atoms with E-state index in [1.807, 2.05) is 74.5 Å². The number of nitrogens with one attached hydrogen (secondary N) is 1. The van der Waals surface area contributed by atoms with E-state index in [9.17, 15) is 4.79 Å². The third kappa shape index (κ3) is 5.15. The summed E-state index contributed by atoms with van der Waals surface area (Å²) >= 11 is 2.94.